The Morgan fingerprint density at radius 2 is 1.88 bits per heavy atom. The van der Waals surface area contributed by atoms with E-state index in [1.54, 1.807) is 0 Å². The van der Waals surface area contributed by atoms with Gasteiger partial charge in [-0.15, -0.1) is 0 Å². The van der Waals surface area contributed by atoms with Gasteiger partial charge in [-0.1, -0.05) is 45.4 Å². The zero-order valence-corrected chi connectivity index (χ0v) is 12.0. The fourth-order valence-corrected chi connectivity index (χ4v) is 2.91. The lowest BCUT2D eigenvalue weighted by molar-refractivity contribution is 0.228. The first-order valence-corrected chi connectivity index (χ1v) is 6.65. The van der Waals surface area contributed by atoms with E-state index < -0.39 is 0 Å². The molecule has 2 atom stereocenters. The van der Waals surface area contributed by atoms with E-state index in [-0.39, 0.29) is 0 Å². The van der Waals surface area contributed by atoms with Crippen LogP contribution in [-0.2, 0) is 0 Å². The molecule has 0 fully saturated rings. The van der Waals surface area contributed by atoms with E-state index in [4.69, 9.17) is 0 Å². The second-order valence-corrected chi connectivity index (χ2v) is 6.69. The fourth-order valence-electron chi connectivity index (χ4n) is 2.91. The van der Waals surface area contributed by atoms with Gasteiger partial charge in [-0.2, -0.15) is 0 Å². The Labute approximate surface area is 106 Å². The molecule has 1 nitrogen and oxygen atoms in total. The summed E-state index contributed by atoms with van der Waals surface area (Å²) in [5.74, 6) is 1.35. The zero-order valence-electron chi connectivity index (χ0n) is 12.0. The van der Waals surface area contributed by atoms with Crippen molar-refractivity contribution in [2.45, 2.75) is 47.5 Å². The summed E-state index contributed by atoms with van der Waals surface area (Å²) in [4.78, 5) is 0. The van der Waals surface area contributed by atoms with Crippen molar-refractivity contribution in [1.82, 2.24) is 0 Å². The second kappa shape index (κ2) is 4.04. The van der Waals surface area contributed by atoms with Gasteiger partial charge in [-0.3, -0.25) is 0 Å². The average molecular weight is 231 g/mol. The molecule has 1 aliphatic heterocycles. The van der Waals surface area contributed by atoms with Gasteiger partial charge in [0.25, 0.3) is 0 Å². The van der Waals surface area contributed by atoms with Gasteiger partial charge in [0.2, 0.25) is 0 Å². The quantitative estimate of drug-likeness (QED) is 0.750. The monoisotopic (exact) mass is 231 g/mol. The van der Waals surface area contributed by atoms with Gasteiger partial charge in [0.15, 0.2) is 0 Å². The van der Waals surface area contributed by atoms with E-state index in [2.05, 4.69) is 59.0 Å². The van der Waals surface area contributed by atoms with Crippen LogP contribution < -0.4 is 5.32 Å². The van der Waals surface area contributed by atoms with Crippen LogP contribution in [0.4, 0.5) is 5.69 Å². The van der Waals surface area contributed by atoms with Crippen molar-refractivity contribution in [3.63, 3.8) is 0 Å². The molecule has 0 radical (unpaired) electrons. The number of hydrogen-bond donors (Lipinski definition) is 1. The molecule has 1 aliphatic rings. The van der Waals surface area contributed by atoms with Crippen LogP contribution in [0.2, 0.25) is 0 Å². The molecule has 2 unspecified atom stereocenters. The van der Waals surface area contributed by atoms with E-state index in [1.165, 1.54) is 22.4 Å². The van der Waals surface area contributed by atoms with Crippen molar-refractivity contribution in [3.05, 3.63) is 28.8 Å². The molecule has 94 valence electrons. The van der Waals surface area contributed by atoms with Gasteiger partial charge in [-0.05, 0) is 36.3 Å². The summed E-state index contributed by atoms with van der Waals surface area (Å²) >= 11 is 0. The molecule has 2 rings (SSSR count). The second-order valence-electron chi connectivity index (χ2n) is 6.69. The Morgan fingerprint density at radius 1 is 1.24 bits per heavy atom. The van der Waals surface area contributed by atoms with Crippen molar-refractivity contribution in [2.24, 2.45) is 11.3 Å². The number of hydrogen-bond acceptors (Lipinski definition) is 1. The Morgan fingerprint density at radius 3 is 2.47 bits per heavy atom. The topological polar surface area (TPSA) is 12.0 Å². The highest BCUT2D eigenvalue weighted by atomic mass is 14.9. The van der Waals surface area contributed by atoms with Crippen LogP contribution in [0, 0.1) is 25.2 Å². The van der Waals surface area contributed by atoms with Crippen molar-refractivity contribution in [1.29, 1.82) is 0 Å². The van der Waals surface area contributed by atoms with Gasteiger partial charge in [-0.25, -0.2) is 0 Å². The van der Waals surface area contributed by atoms with E-state index in [0.29, 0.717) is 17.3 Å². The summed E-state index contributed by atoms with van der Waals surface area (Å²) in [5.41, 5.74) is 6.06. The largest absolute Gasteiger partial charge is 0.384 e. The molecule has 1 N–H and O–H groups in total. The summed E-state index contributed by atoms with van der Waals surface area (Å²) in [7, 11) is 0. The first-order chi connectivity index (χ1) is 7.80. The molecule has 0 bridgehead atoms. The van der Waals surface area contributed by atoms with Crippen LogP contribution >= 0.6 is 0 Å². The predicted octanol–water partition coefficient (Wildman–Crippen LogP) is 4.49. The number of aryl methyl sites for hydroxylation is 2. The van der Waals surface area contributed by atoms with Crippen LogP contribution in [-0.4, -0.2) is 6.54 Å². The van der Waals surface area contributed by atoms with E-state index in [0.717, 1.165) is 6.54 Å². The lowest BCUT2D eigenvalue weighted by atomic mass is 9.72. The summed E-state index contributed by atoms with van der Waals surface area (Å²) in [6.45, 7) is 14.9. The number of fused-ring (bicyclic) bond motifs is 1. The maximum absolute atomic E-state index is 3.60. The van der Waals surface area contributed by atoms with Crippen molar-refractivity contribution >= 4 is 5.69 Å². The lowest BCUT2D eigenvalue weighted by Gasteiger charge is -2.32. The molecule has 0 aliphatic carbocycles. The Hall–Kier alpha value is -0.980. The minimum atomic E-state index is 0.367. The Kier molecular flexibility index (Phi) is 2.97. The smallest absolute Gasteiger partial charge is 0.0406 e. The number of benzene rings is 1. The number of nitrogens with one attached hydrogen (secondary N) is 1. The van der Waals surface area contributed by atoms with Gasteiger partial charge < -0.3 is 5.32 Å². The third-order valence-electron chi connectivity index (χ3n) is 4.38. The summed E-state index contributed by atoms with van der Waals surface area (Å²) in [6, 6.07) is 4.64. The lowest BCUT2D eigenvalue weighted by Crippen LogP contribution is -2.25. The molecule has 1 aromatic carbocycles. The molecule has 0 saturated carbocycles. The third-order valence-corrected chi connectivity index (χ3v) is 4.38. The highest BCUT2D eigenvalue weighted by Crippen LogP contribution is 2.44. The van der Waals surface area contributed by atoms with Crippen molar-refractivity contribution in [2.75, 3.05) is 11.9 Å². The van der Waals surface area contributed by atoms with Crippen LogP contribution in [0.25, 0.3) is 0 Å². The molecule has 1 heterocycles. The minimum Gasteiger partial charge on any atom is -0.384 e. The third kappa shape index (κ3) is 2.20. The molecule has 0 saturated heterocycles. The molecule has 1 heteroatoms. The van der Waals surface area contributed by atoms with E-state index in [9.17, 15) is 0 Å². The van der Waals surface area contributed by atoms with E-state index in [1.807, 2.05) is 0 Å². The standard InChI is InChI=1S/C16H25N/c1-10-7-11(2)15-13(8-10)14(9-17-15)12(3)16(4,5)6/h7-8,12,14,17H,9H2,1-6H3. The number of rotatable bonds is 1. The molecule has 17 heavy (non-hydrogen) atoms. The summed E-state index contributed by atoms with van der Waals surface area (Å²) in [5, 5.41) is 3.60. The van der Waals surface area contributed by atoms with Gasteiger partial charge in [0.05, 0.1) is 0 Å². The molecular formula is C16H25N. The van der Waals surface area contributed by atoms with Crippen molar-refractivity contribution in [3.8, 4) is 0 Å². The van der Waals surface area contributed by atoms with Crippen LogP contribution in [0.5, 0.6) is 0 Å². The first kappa shape index (κ1) is 12.5. The van der Waals surface area contributed by atoms with Crippen LogP contribution in [0.15, 0.2) is 12.1 Å². The average Bonchev–Trinajstić information content (AvgIpc) is 2.58. The summed E-state index contributed by atoms with van der Waals surface area (Å²) < 4.78 is 0. The molecule has 0 aromatic heterocycles. The van der Waals surface area contributed by atoms with Crippen molar-refractivity contribution < 1.29 is 0 Å². The first-order valence-electron chi connectivity index (χ1n) is 6.65. The number of anilines is 1. The molecule has 0 spiro atoms. The zero-order chi connectivity index (χ0) is 12.8. The Balaban J connectivity index is 2.40. The van der Waals surface area contributed by atoms with Gasteiger partial charge >= 0.3 is 0 Å². The maximum atomic E-state index is 3.60. The molecule has 0 amide bonds. The maximum Gasteiger partial charge on any atom is 0.0406 e. The summed E-state index contributed by atoms with van der Waals surface area (Å²) in [6.07, 6.45) is 0. The fraction of sp³-hybridized carbons (Fsp3) is 0.625. The molecule has 1 aromatic rings. The van der Waals surface area contributed by atoms with Crippen LogP contribution in [0.1, 0.15) is 50.3 Å². The van der Waals surface area contributed by atoms with Gasteiger partial charge in [0, 0.05) is 18.2 Å². The predicted molar refractivity (Wildman–Crippen MR) is 75.8 cm³/mol. The highest BCUT2D eigenvalue weighted by Gasteiger charge is 2.34. The highest BCUT2D eigenvalue weighted by molar-refractivity contribution is 5.64. The van der Waals surface area contributed by atoms with Crippen LogP contribution in [0.3, 0.4) is 0 Å². The van der Waals surface area contributed by atoms with Gasteiger partial charge in [0.1, 0.15) is 0 Å². The van der Waals surface area contributed by atoms with E-state index >= 15 is 0 Å². The SMILES string of the molecule is Cc1cc(C)c2c(c1)C(C(C)C(C)(C)C)CN2. The minimum absolute atomic E-state index is 0.367. The molecular weight excluding hydrogens is 206 g/mol. The Bertz CT molecular complexity index is 426. The normalized spacial score (nSPS) is 20.9.